The summed E-state index contributed by atoms with van der Waals surface area (Å²) in [5, 5.41) is 3.33. The first kappa shape index (κ1) is 20.4. The number of para-hydroxylation sites is 1. The molecule has 0 saturated heterocycles. The second-order valence-electron chi connectivity index (χ2n) is 8.91. The number of aromatic nitrogens is 4. The summed E-state index contributed by atoms with van der Waals surface area (Å²) < 4.78 is 11.0. The maximum atomic E-state index is 6.64. The van der Waals surface area contributed by atoms with Crippen LogP contribution >= 0.6 is 11.3 Å². The molecule has 174 valence electrons. The first-order chi connectivity index (χ1) is 18.3. The quantitative estimate of drug-likeness (QED) is 0.248. The van der Waals surface area contributed by atoms with E-state index in [1.807, 2.05) is 71.3 Å². The van der Waals surface area contributed by atoms with Crippen LogP contribution < -0.4 is 0 Å². The van der Waals surface area contributed by atoms with Crippen LogP contribution in [-0.2, 0) is 0 Å². The number of fused-ring (bicyclic) bond motifs is 7. The minimum atomic E-state index is 0.532. The zero-order valence-electron chi connectivity index (χ0n) is 19.5. The summed E-state index contributed by atoms with van der Waals surface area (Å²) in [5.41, 5.74) is 4.52. The molecular formula is C31H18N4OS. The maximum Gasteiger partial charge on any atom is 0.241 e. The van der Waals surface area contributed by atoms with Gasteiger partial charge in [-0.25, -0.2) is 9.55 Å². The summed E-state index contributed by atoms with van der Waals surface area (Å²) >= 11 is 1.76. The molecule has 8 aromatic rings. The van der Waals surface area contributed by atoms with Crippen LogP contribution in [0.5, 0.6) is 0 Å². The summed E-state index contributed by atoms with van der Waals surface area (Å²) in [6.45, 7) is 0. The molecule has 0 aliphatic carbocycles. The standard InChI is InChI=1S/C31H18N4OS/c1-3-11-19(12-4-1)28-32-29(20-13-5-2-6-14-20)34-31(33-28)35-23-17-9-7-15-21(23)25-27-26(36-30(25)35)22-16-8-10-18-24(22)37-27/h1-18H. The third-order valence-electron chi connectivity index (χ3n) is 6.69. The number of benzene rings is 4. The van der Waals surface area contributed by atoms with E-state index in [1.165, 1.54) is 4.70 Å². The van der Waals surface area contributed by atoms with Crippen molar-refractivity contribution in [2.75, 3.05) is 0 Å². The average Bonchev–Trinajstić information content (AvgIpc) is 3.61. The van der Waals surface area contributed by atoms with Crippen molar-refractivity contribution in [3.05, 3.63) is 109 Å². The molecule has 0 amide bonds. The molecule has 0 atom stereocenters. The van der Waals surface area contributed by atoms with Gasteiger partial charge in [-0.05, 0) is 18.2 Å². The highest BCUT2D eigenvalue weighted by Gasteiger charge is 2.24. The van der Waals surface area contributed by atoms with Crippen LogP contribution in [0, 0.1) is 0 Å². The predicted octanol–water partition coefficient (Wildman–Crippen LogP) is 8.26. The Balaban J connectivity index is 1.49. The summed E-state index contributed by atoms with van der Waals surface area (Å²) in [5.74, 6) is 1.77. The highest BCUT2D eigenvalue weighted by Crippen LogP contribution is 2.45. The lowest BCUT2D eigenvalue weighted by Gasteiger charge is -2.09. The Kier molecular flexibility index (Phi) is 4.32. The molecule has 6 heteroatoms. The second-order valence-corrected chi connectivity index (χ2v) is 9.96. The number of rotatable bonds is 3. The van der Waals surface area contributed by atoms with E-state index in [0.29, 0.717) is 17.6 Å². The van der Waals surface area contributed by atoms with Gasteiger partial charge in [0.2, 0.25) is 11.7 Å². The monoisotopic (exact) mass is 494 g/mol. The molecule has 8 rings (SSSR count). The summed E-state index contributed by atoms with van der Waals surface area (Å²) in [7, 11) is 0. The van der Waals surface area contributed by atoms with Crippen LogP contribution in [-0.4, -0.2) is 19.5 Å². The lowest BCUT2D eigenvalue weighted by atomic mass is 10.2. The summed E-state index contributed by atoms with van der Waals surface area (Å²) in [4.78, 5) is 14.8. The van der Waals surface area contributed by atoms with Gasteiger partial charge in [0.25, 0.3) is 0 Å². The Morgan fingerprint density at radius 3 is 1.89 bits per heavy atom. The van der Waals surface area contributed by atoms with E-state index in [4.69, 9.17) is 19.4 Å². The average molecular weight is 495 g/mol. The molecule has 0 bridgehead atoms. The van der Waals surface area contributed by atoms with Gasteiger partial charge in [0, 0.05) is 26.6 Å². The van der Waals surface area contributed by atoms with Gasteiger partial charge in [-0.1, -0.05) is 91.0 Å². The number of thiophene rings is 1. The molecule has 4 heterocycles. The largest absolute Gasteiger partial charge is 0.437 e. The lowest BCUT2D eigenvalue weighted by molar-refractivity contribution is 0.645. The molecule has 4 aromatic carbocycles. The van der Waals surface area contributed by atoms with Gasteiger partial charge in [0.15, 0.2) is 17.2 Å². The van der Waals surface area contributed by atoms with Crippen molar-refractivity contribution in [3.63, 3.8) is 0 Å². The highest BCUT2D eigenvalue weighted by atomic mass is 32.1. The highest BCUT2D eigenvalue weighted by molar-refractivity contribution is 7.26. The fraction of sp³-hybridized carbons (Fsp3) is 0. The van der Waals surface area contributed by atoms with Gasteiger partial charge in [-0.15, -0.1) is 11.3 Å². The van der Waals surface area contributed by atoms with E-state index in [1.54, 1.807) is 11.3 Å². The van der Waals surface area contributed by atoms with Gasteiger partial charge in [0.05, 0.1) is 15.6 Å². The van der Waals surface area contributed by atoms with Gasteiger partial charge in [0.1, 0.15) is 0 Å². The third kappa shape index (κ3) is 3.06. The van der Waals surface area contributed by atoms with Crippen LogP contribution in [0.2, 0.25) is 0 Å². The van der Waals surface area contributed by atoms with Gasteiger partial charge < -0.3 is 4.42 Å². The number of hydrogen-bond acceptors (Lipinski definition) is 5. The van der Waals surface area contributed by atoms with Gasteiger partial charge >= 0.3 is 0 Å². The van der Waals surface area contributed by atoms with Crippen LogP contribution in [0.15, 0.2) is 114 Å². The fourth-order valence-corrected chi connectivity index (χ4v) is 6.19. The normalized spacial score (nSPS) is 11.8. The minimum absolute atomic E-state index is 0.532. The Morgan fingerprint density at radius 1 is 0.595 bits per heavy atom. The third-order valence-corrected chi connectivity index (χ3v) is 7.86. The molecule has 0 unspecified atom stereocenters. The molecule has 0 spiro atoms. The SMILES string of the molecule is c1ccc(-c2nc(-c3ccccc3)nc(-n3c4ccccc4c4c5sc6ccccc6c5oc43)n2)cc1. The Morgan fingerprint density at radius 2 is 1.19 bits per heavy atom. The summed E-state index contributed by atoms with van der Waals surface area (Å²) in [6.07, 6.45) is 0. The van der Waals surface area contributed by atoms with E-state index in [2.05, 4.69) is 42.5 Å². The second kappa shape index (κ2) is 7.85. The van der Waals surface area contributed by atoms with Gasteiger partial charge in [-0.2, -0.15) is 9.97 Å². The Bertz CT molecular complexity index is 2030. The van der Waals surface area contributed by atoms with Crippen LogP contribution in [0.3, 0.4) is 0 Å². The first-order valence-electron chi connectivity index (χ1n) is 12.1. The first-order valence-corrected chi connectivity index (χ1v) is 12.9. The molecule has 0 N–H and O–H groups in total. The zero-order chi connectivity index (χ0) is 24.3. The molecule has 0 saturated carbocycles. The van der Waals surface area contributed by atoms with Gasteiger partial charge in [-0.3, -0.25) is 0 Å². The van der Waals surface area contributed by atoms with E-state index in [-0.39, 0.29) is 0 Å². The topological polar surface area (TPSA) is 56.7 Å². The Hall–Kier alpha value is -4.81. The number of hydrogen-bond donors (Lipinski definition) is 0. The van der Waals surface area contributed by atoms with Crippen molar-refractivity contribution in [3.8, 4) is 28.7 Å². The van der Waals surface area contributed by atoms with E-state index in [9.17, 15) is 0 Å². The van der Waals surface area contributed by atoms with Crippen molar-refractivity contribution in [1.29, 1.82) is 0 Å². The molecule has 4 aromatic heterocycles. The maximum absolute atomic E-state index is 6.64. The molecule has 0 radical (unpaired) electrons. The summed E-state index contributed by atoms with van der Waals surface area (Å²) in [6, 6.07) is 36.8. The van der Waals surface area contributed by atoms with Crippen LogP contribution in [0.1, 0.15) is 0 Å². The molecular weight excluding hydrogens is 476 g/mol. The fourth-order valence-electron chi connectivity index (χ4n) is 5.01. The van der Waals surface area contributed by atoms with E-state index in [0.717, 1.165) is 48.8 Å². The minimum Gasteiger partial charge on any atom is -0.437 e. The molecule has 0 aliphatic rings. The van der Waals surface area contributed by atoms with Crippen molar-refractivity contribution in [2.24, 2.45) is 0 Å². The van der Waals surface area contributed by atoms with Crippen LogP contribution in [0.4, 0.5) is 0 Å². The van der Waals surface area contributed by atoms with Crippen molar-refractivity contribution >= 4 is 53.7 Å². The molecule has 0 aliphatic heterocycles. The number of nitrogens with zero attached hydrogens (tertiary/aromatic N) is 4. The van der Waals surface area contributed by atoms with Crippen LogP contribution in [0.25, 0.3) is 71.1 Å². The molecule has 0 fully saturated rings. The van der Waals surface area contributed by atoms with Crippen molar-refractivity contribution < 1.29 is 4.42 Å². The molecule has 5 nitrogen and oxygen atoms in total. The smallest absolute Gasteiger partial charge is 0.241 e. The van der Waals surface area contributed by atoms with E-state index < -0.39 is 0 Å². The Labute approximate surface area is 215 Å². The van der Waals surface area contributed by atoms with Crippen molar-refractivity contribution in [1.82, 2.24) is 19.5 Å². The molecule has 37 heavy (non-hydrogen) atoms. The predicted molar refractivity (Wildman–Crippen MR) is 150 cm³/mol. The van der Waals surface area contributed by atoms with Crippen molar-refractivity contribution in [2.45, 2.75) is 0 Å². The number of furan rings is 1. The van der Waals surface area contributed by atoms with E-state index >= 15 is 0 Å². The zero-order valence-corrected chi connectivity index (χ0v) is 20.3. The lowest BCUT2D eigenvalue weighted by Crippen LogP contribution is -2.06.